The molecule has 0 radical (unpaired) electrons. The number of benzene rings is 1. The molecule has 2 fully saturated rings. The average molecular weight is 387 g/mol. The maximum absolute atomic E-state index is 6.53. The molecule has 0 bridgehead atoms. The van der Waals surface area contributed by atoms with E-state index in [1.807, 2.05) is 0 Å². The van der Waals surface area contributed by atoms with Gasteiger partial charge in [0.05, 0.1) is 0 Å². The van der Waals surface area contributed by atoms with Gasteiger partial charge >= 0.3 is 0 Å². The van der Waals surface area contributed by atoms with Crippen LogP contribution in [0.4, 0.5) is 0 Å². The molecule has 150 valence electrons. The molecular formula is C25H30N4. The number of hydrogen-bond donors (Lipinski definition) is 1. The quantitative estimate of drug-likeness (QED) is 0.689. The fraction of sp³-hybridized carbons (Fsp3) is 0.600. The molecule has 1 aromatic rings. The van der Waals surface area contributed by atoms with Crippen molar-refractivity contribution in [2.24, 2.45) is 33.0 Å². The van der Waals surface area contributed by atoms with Gasteiger partial charge < -0.3 is 5.73 Å². The monoisotopic (exact) mass is 386 g/mol. The van der Waals surface area contributed by atoms with E-state index < -0.39 is 5.54 Å². The fourth-order valence-electron chi connectivity index (χ4n) is 6.15. The van der Waals surface area contributed by atoms with Gasteiger partial charge in [-0.1, -0.05) is 37.7 Å². The van der Waals surface area contributed by atoms with Gasteiger partial charge in [0.25, 0.3) is 0 Å². The van der Waals surface area contributed by atoms with Gasteiger partial charge in [-0.15, -0.1) is 0 Å². The number of hydrogen-bond acceptors (Lipinski definition) is 4. The van der Waals surface area contributed by atoms with E-state index in [4.69, 9.17) is 15.7 Å². The molecule has 0 amide bonds. The minimum Gasteiger partial charge on any atom is -0.369 e. The first kappa shape index (κ1) is 17.6. The molecule has 2 N–H and O–H groups in total. The van der Waals surface area contributed by atoms with Crippen LogP contribution in [0.15, 0.2) is 28.2 Å². The Balaban J connectivity index is 1.54. The second kappa shape index (κ2) is 6.11. The van der Waals surface area contributed by atoms with Crippen LogP contribution in [0.3, 0.4) is 0 Å². The second-order valence-corrected chi connectivity index (χ2v) is 9.95. The van der Waals surface area contributed by atoms with Crippen molar-refractivity contribution >= 4 is 11.8 Å². The van der Waals surface area contributed by atoms with Gasteiger partial charge in [0.15, 0.2) is 11.5 Å². The van der Waals surface area contributed by atoms with Crippen LogP contribution >= 0.6 is 0 Å². The molecular weight excluding hydrogens is 356 g/mol. The summed E-state index contributed by atoms with van der Waals surface area (Å²) < 4.78 is 0. The molecule has 5 aliphatic rings. The van der Waals surface area contributed by atoms with Gasteiger partial charge in [0.2, 0.25) is 0 Å². The Kier molecular flexibility index (Phi) is 3.70. The minimum absolute atomic E-state index is 0.111. The first-order valence-corrected chi connectivity index (χ1v) is 11.4. The van der Waals surface area contributed by atoms with Crippen molar-refractivity contribution in [2.45, 2.75) is 63.8 Å². The summed E-state index contributed by atoms with van der Waals surface area (Å²) in [6.45, 7) is 4.22. The van der Waals surface area contributed by atoms with Crippen molar-refractivity contribution in [1.82, 2.24) is 4.90 Å². The molecule has 3 aliphatic carbocycles. The summed E-state index contributed by atoms with van der Waals surface area (Å²) in [7, 11) is 0. The summed E-state index contributed by atoms with van der Waals surface area (Å²) in [6.07, 6.45) is 9.62. The lowest BCUT2D eigenvalue weighted by atomic mass is 9.60. The number of guanidine groups is 1. The highest BCUT2D eigenvalue weighted by Crippen LogP contribution is 2.62. The first-order chi connectivity index (χ1) is 14.1. The highest BCUT2D eigenvalue weighted by molar-refractivity contribution is 6.11. The SMILES string of the molecule is CC1CCC2(CC1)Cc1ccc(C#CC3CC3)cc1C21N=C(N)N2CCCN=C21. The van der Waals surface area contributed by atoms with Crippen molar-refractivity contribution in [3.8, 4) is 11.8 Å². The van der Waals surface area contributed by atoms with Crippen LogP contribution in [-0.2, 0) is 12.0 Å². The van der Waals surface area contributed by atoms with Gasteiger partial charge in [0, 0.05) is 30.0 Å². The molecule has 4 heteroatoms. The molecule has 1 aromatic carbocycles. The van der Waals surface area contributed by atoms with Crippen molar-refractivity contribution in [2.75, 3.05) is 13.1 Å². The number of nitrogens with two attached hydrogens (primary N) is 1. The Bertz CT molecular complexity index is 982. The lowest BCUT2D eigenvalue weighted by molar-refractivity contribution is 0.104. The Morgan fingerprint density at radius 3 is 2.79 bits per heavy atom. The Morgan fingerprint density at radius 1 is 1.17 bits per heavy atom. The zero-order valence-corrected chi connectivity index (χ0v) is 17.4. The number of nitrogens with zero attached hydrogens (tertiary/aromatic N) is 3. The summed E-state index contributed by atoms with van der Waals surface area (Å²) in [6, 6.07) is 6.86. The van der Waals surface area contributed by atoms with Gasteiger partial charge in [-0.2, -0.15) is 0 Å². The third-order valence-electron chi connectivity index (χ3n) is 7.96. The van der Waals surface area contributed by atoms with Crippen molar-refractivity contribution in [3.63, 3.8) is 0 Å². The summed E-state index contributed by atoms with van der Waals surface area (Å²) in [5.74, 6) is 10.1. The Morgan fingerprint density at radius 2 is 2.00 bits per heavy atom. The summed E-state index contributed by atoms with van der Waals surface area (Å²) >= 11 is 0. The smallest absolute Gasteiger partial charge is 0.198 e. The third kappa shape index (κ3) is 2.46. The molecule has 2 aliphatic heterocycles. The first-order valence-electron chi connectivity index (χ1n) is 11.4. The van der Waals surface area contributed by atoms with E-state index in [2.05, 4.69) is 41.9 Å². The topological polar surface area (TPSA) is 54.0 Å². The van der Waals surface area contributed by atoms with E-state index in [1.54, 1.807) is 0 Å². The molecule has 1 atom stereocenters. The van der Waals surface area contributed by atoms with Crippen LogP contribution in [0.2, 0.25) is 0 Å². The van der Waals surface area contributed by atoms with Crippen molar-refractivity contribution in [1.29, 1.82) is 0 Å². The third-order valence-corrected chi connectivity index (χ3v) is 7.96. The molecule has 0 aromatic heterocycles. The van der Waals surface area contributed by atoms with Crippen molar-refractivity contribution in [3.05, 3.63) is 34.9 Å². The zero-order valence-electron chi connectivity index (χ0n) is 17.4. The van der Waals surface area contributed by atoms with Gasteiger partial charge in [-0.05, 0) is 67.7 Å². The molecule has 0 saturated heterocycles. The lowest BCUT2D eigenvalue weighted by Gasteiger charge is -2.47. The average Bonchev–Trinajstić information content (AvgIpc) is 3.47. The van der Waals surface area contributed by atoms with E-state index in [-0.39, 0.29) is 5.41 Å². The number of fused-ring (bicyclic) bond motifs is 5. The van der Waals surface area contributed by atoms with Crippen LogP contribution in [0.1, 0.15) is 68.6 Å². The largest absolute Gasteiger partial charge is 0.369 e. The molecule has 6 rings (SSSR count). The van der Waals surface area contributed by atoms with Crippen LogP contribution < -0.4 is 5.73 Å². The van der Waals surface area contributed by atoms with Gasteiger partial charge in [0.1, 0.15) is 5.84 Å². The predicted octanol–water partition coefficient (Wildman–Crippen LogP) is 3.83. The molecule has 2 saturated carbocycles. The zero-order chi connectivity index (χ0) is 19.6. The highest BCUT2D eigenvalue weighted by Gasteiger charge is 2.65. The van der Waals surface area contributed by atoms with Crippen LogP contribution in [0.25, 0.3) is 0 Å². The van der Waals surface area contributed by atoms with E-state index in [9.17, 15) is 0 Å². The summed E-state index contributed by atoms with van der Waals surface area (Å²) in [5, 5.41) is 0. The number of amidine groups is 1. The highest BCUT2D eigenvalue weighted by atomic mass is 15.4. The molecule has 2 spiro atoms. The molecule has 1 unspecified atom stereocenters. The Labute approximate surface area is 173 Å². The maximum Gasteiger partial charge on any atom is 0.198 e. The normalized spacial score (nSPS) is 35.1. The van der Waals surface area contributed by atoms with E-state index in [0.717, 1.165) is 43.2 Å². The summed E-state index contributed by atoms with van der Waals surface area (Å²) in [5.41, 5.74) is 10.1. The van der Waals surface area contributed by atoms with Crippen LogP contribution in [0, 0.1) is 29.1 Å². The Hall–Kier alpha value is -2.28. The van der Waals surface area contributed by atoms with Crippen LogP contribution in [-0.4, -0.2) is 29.8 Å². The van der Waals surface area contributed by atoms with Crippen molar-refractivity contribution < 1.29 is 0 Å². The minimum atomic E-state index is -0.399. The number of rotatable bonds is 0. The van der Waals surface area contributed by atoms with Crippen LogP contribution in [0.5, 0.6) is 0 Å². The second-order valence-electron chi connectivity index (χ2n) is 9.95. The predicted molar refractivity (Wildman–Crippen MR) is 117 cm³/mol. The van der Waals surface area contributed by atoms with E-state index in [1.165, 1.54) is 49.7 Å². The molecule has 4 nitrogen and oxygen atoms in total. The van der Waals surface area contributed by atoms with Gasteiger partial charge in [-0.25, -0.2) is 4.99 Å². The van der Waals surface area contributed by atoms with Gasteiger partial charge in [-0.3, -0.25) is 9.89 Å². The molecule has 2 heterocycles. The summed E-state index contributed by atoms with van der Waals surface area (Å²) in [4.78, 5) is 12.6. The fourth-order valence-corrected chi connectivity index (χ4v) is 6.15. The van der Waals surface area contributed by atoms with E-state index >= 15 is 0 Å². The standard InChI is InChI=1S/C25H30N4/c1-17-9-11-24(12-10-17)16-20-8-7-19(6-5-18-3-4-18)15-21(20)25(24)22-27-13-2-14-29(22)23(26)28-25/h7-8,15,17-18H,2-4,9-14,16H2,1H3,(H2,26,28). The number of aliphatic imine (C=N–C) groups is 2. The molecule has 29 heavy (non-hydrogen) atoms. The maximum atomic E-state index is 6.53. The van der Waals surface area contributed by atoms with E-state index in [0.29, 0.717) is 11.9 Å². The lowest BCUT2D eigenvalue weighted by Crippen LogP contribution is -2.53.